The largest absolute Gasteiger partial charge is 0.468 e. The van der Waals surface area contributed by atoms with Crippen LogP contribution in [0.1, 0.15) is 47.4 Å². The van der Waals surface area contributed by atoms with Crippen molar-refractivity contribution in [2.45, 2.75) is 30.9 Å². The van der Waals surface area contributed by atoms with Crippen LogP contribution in [0, 0.1) is 5.82 Å². The number of pyridine rings is 1. The number of aromatic nitrogens is 4. The lowest BCUT2D eigenvalue weighted by molar-refractivity contribution is -0.139. The zero-order valence-electron chi connectivity index (χ0n) is 19.9. The Bertz CT molecular complexity index is 1630. The first-order valence-electron chi connectivity index (χ1n) is 11.4. The second kappa shape index (κ2) is 9.36. The Labute approximate surface area is 211 Å². The summed E-state index contributed by atoms with van der Waals surface area (Å²) in [4.78, 5) is 41.1. The summed E-state index contributed by atoms with van der Waals surface area (Å²) in [5.41, 5.74) is 1.17. The van der Waals surface area contributed by atoms with Gasteiger partial charge in [-0.3, -0.25) is 14.3 Å². The number of methoxy groups -OCH3 is 1. The van der Waals surface area contributed by atoms with Crippen molar-refractivity contribution in [1.82, 2.24) is 19.9 Å². The molecular formula is C25H22FN5O5S. The number of benzene rings is 1. The van der Waals surface area contributed by atoms with Gasteiger partial charge in [0.2, 0.25) is 10.0 Å². The fraction of sp³-hybridized carbons (Fsp3) is 0.240. The minimum atomic E-state index is -4.32. The monoisotopic (exact) mass is 523 g/mol. The van der Waals surface area contributed by atoms with Crippen molar-refractivity contribution < 1.29 is 27.1 Å². The van der Waals surface area contributed by atoms with Gasteiger partial charge in [0.15, 0.2) is 16.9 Å². The Morgan fingerprint density at radius 2 is 1.81 bits per heavy atom. The summed E-state index contributed by atoms with van der Waals surface area (Å²) >= 11 is 0. The van der Waals surface area contributed by atoms with Gasteiger partial charge < -0.3 is 9.72 Å². The maximum Gasteiger partial charge on any atom is 0.325 e. The van der Waals surface area contributed by atoms with Crippen LogP contribution in [0.25, 0.3) is 22.2 Å². The summed E-state index contributed by atoms with van der Waals surface area (Å²) < 4.78 is 46.8. The predicted molar refractivity (Wildman–Crippen MR) is 133 cm³/mol. The molecule has 3 aromatic heterocycles. The molecule has 37 heavy (non-hydrogen) atoms. The van der Waals surface area contributed by atoms with Gasteiger partial charge in [0, 0.05) is 52.8 Å². The molecule has 12 heteroatoms. The number of ketones is 1. The van der Waals surface area contributed by atoms with E-state index in [2.05, 4.69) is 24.7 Å². The second-order valence-electron chi connectivity index (χ2n) is 8.74. The Hall–Kier alpha value is -4.19. The van der Waals surface area contributed by atoms with E-state index in [-0.39, 0.29) is 11.1 Å². The number of esters is 1. The van der Waals surface area contributed by atoms with E-state index >= 15 is 4.39 Å². The molecular weight excluding hydrogens is 501 g/mol. The molecule has 0 bridgehead atoms. The second-order valence-corrected chi connectivity index (χ2v) is 10.7. The number of ether oxygens (including phenoxy) is 1. The topological polar surface area (TPSA) is 144 Å². The molecule has 1 aliphatic rings. The molecule has 1 aromatic carbocycles. The van der Waals surface area contributed by atoms with E-state index in [0.29, 0.717) is 22.5 Å². The summed E-state index contributed by atoms with van der Waals surface area (Å²) in [6.07, 6.45) is 8.65. The fourth-order valence-corrected chi connectivity index (χ4v) is 4.84. The number of anilines is 1. The molecule has 0 spiro atoms. The molecule has 0 aliphatic heterocycles. The zero-order chi connectivity index (χ0) is 26.3. The molecule has 10 nitrogen and oxygen atoms in total. The third kappa shape index (κ3) is 4.67. The van der Waals surface area contributed by atoms with Crippen molar-refractivity contribution >= 4 is 38.5 Å². The normalized spacial score (nSPS) is 14.4. The van der Waals surface area contributed by atoms with Crippen molar-refractivity contribution in [3.05, 3.63) is 71.8 Å². The molecule has 3 heterocycles. The highest BCUT2D eigenvalue weighted by molar-refractivity contribution is 7.94. The van der Waals surface area contributed by atoms with Crippen LogP contribution in [-0.2, 0) is 19.6 Å². The molecule has 1 unspecified atom stereocenters. The summed E-state index contributed by atoms with van der Waals surface area (Å²) in [6.45, 7) is 1.11. The summed E-state index contributed by atoms with van der Waals surface area (Å²) in [5.74, 6) is -1.53. The average Bonchev–Trinajstić information content (AvgIpc) is 3.67. The van der Waals surface area contributed by atoms with Gasteiger partial charge in [-0.1, -0.05) is 6.07 Å². The molecule has 190 valence electrons. The van der Waals surface area contributed by atoms with E-state index in [1.54, 1.807) is 24.7 Å². The minimum absolute atomic E-state index is 0.154. The van der Waals surface area contributed by atoms with E-state index in [1.165, 1.54) is 18.3 Å². The maximum atomic E-state index is 15.3. The number of nitrogens with zero attached hydrogens (tertiary/aromatic N) is 3. The van der Waals surface area contributed by atoms with E-state index in [9.17, 15) is 18.0 Å². The molecule has 4 aromatic rings. The number of nitrogens with one attached hydrogen (secondary N) is 2. The number of fused-ring (bicyclic) bond motifs is 1. The van der Waals surface area contributed by atoms with Crippen LogP contribution in [0.5, 0.6) is 0 Å². The number of hydrogen-bond donors (Lipinski definition) is 2. The van der Waals surface area contributed by atoms with Crippen LogP contribution in [0.3, 0.4) is 0 Å². The number of carbonyl (C=O) groups excluding carboxylic acids is 2. The predicted octanol–water partition coefficient (Wildman–Crippen LogP) is 3.57. The van der Waals surface area contributed by atoms with Gasteiger partial charge in [-0.25, -0.2) is 27.8 Å². The van der Waals surface area contributed by atoms with E-state index in [0.717, 1.165) is 44.3 Å². The van der Waals surface area contributed by atoms with Gasteiger partial charge in [0.05, 0.1) is 18.4 Å². The van der Waals surface area contributed by atoms with Gasteiger partial charge in [0.25, 0.3) is 0 Å². The number of H-pyrrole nitrogens is 1. The SMILES string of the molecule is COC(=O)C(C)S(=O)(=O)Nc1cccc(C(=O)c2c[nH]c3ncc(-c4cnc(C5CC5)nc4)cc23)c1F. The minimum Gasteiger partial charge on any atom is -0.468 e. The van der Waals surface area contributed by atoms with E-state index < -0.39 is 38.5 Å². The number of rotatable bonds is 8. The highest BCUT2D eigenvalue weighted by atomic mass is 32.2. The molecule has 0 saturated heterocycles. The van der Waals surface area contributed by atoms with Crippen molar-refractivity contribution in [2.75, 3.05) is 11.8 Å². The quantitative estimate of drug-likeness (QED) is 0.263. The van der Waals surface area contributed by atoms with Crippen molar-refractivity contribution in [1.29, 1.82) is 0 Å². The highest BCUT2D eigenvalue weighted by Crippen LogP contribution is 2.38. The number of halogens is 1. The van der Waals surface area contributed by atoms with Crippen LogP contribution in [0.4, 0.5) is 10.1 Å². The fourth-order valence-electron chi connectivity index (χ4n) is 3.85. The summed E-state index contributed by atoms with van der Waals surface area (Å²) in [6, 6.07) is 5.49. The standard InChI is InChI=1S/C25H22FN5O5S/c1-13(25(33)36-2)37(34,35)31-20-5-3-4-17(21(20)26)22(32)19-12-30-24-18(19)8-15(9-29-24)16-10-27-23(28-11-16)14-6-7-14/h3-5,8-14,31H,6-7H2,1-2H3,(H,29,30). The van der Waals surface area contributed by atoms with E-state index in [1.807, 2.05) is 4.72 Å². The summed E-state index contributed by atoms with van der Waals surface area (Å²) in [7, 11) is -3.28. The van der Waals surface area contributed by atoms with Gasteiger partial charge in [0.1, 0.15) is 11.5 Å². The number of sulfonamides is 1. The zero-order valence-corrected chi connectivity index (χ0v) is 20.7. The number of hydrogen-bond acceptors (Lipinski definition) is 8. The lowest BCUT2D eigenvalue weighted by atomic mass is 10.0. The Kier molecular flexibility index (Phi) is 6.20. The Morgan fingerprint density at radius 3 is 2.49 bits per heavy atom. The van der Waals surface area contributed by atoms with Crippen LogP contribution >= 0.6 is 0 Å². The Balaban J connectivity index is 1.47. The number of aromatic amines is 1. The summed E-state index contributed by atoms with van der Waals surface area (Å²) in [5, 5.41) is -1.13. The van der Waals surface area contributed by atoms with Crippen molar-refractivity contribution in [2.24, 2.45) is 0 Å². The van der Waals surface area contributed by atoms with Gasteiger partial charge >= 0.3 is 5.97 Å². The van der Waals surface area contributed by atoms with Gasteiger partial charge in [-0.2, -0.15) is 0 Å². The molecule has 0 amide bonds. The third-order valence-electron chi connectivity index (χ3n) is 6.22. The highest BCUT2D eigenvalue weighted by Gasteiger charge is 2.31. The molecule has 1 aliphatic carbocycles. The smallest absolute Gasteiger partial charge is 0.325 e. The van der Waals surface area contributed by atoms with Crippen LogP contribution < -0.4 is 4.72 Å². The van der Waals surface area contributed by atoms with Gasteiger partial charge in [-0.05, 0) is 38.0 Å². The molecule has 0 radical (unpaired) electrons. The van der Waals surface area contributed by atoms with Gasteiger partial charge in [-0.15, -0.1) is 0 Å². The Morgan fingerprint density at radius 1 is 1.11 bits per heavy atom. The van der Waals surface area contributed by atoms with Crippen LogP contribution in [-0.4, -0.2) is 52.5 Å². The molecule has 2 N–H and O–H groups in total. The van der Waals surface area contributed by atoms with Crippen LogP contribution in [0.15, 0.2) is 49.1 Å². The lowest BCUT2D eigenvalue weighted by Crippen LogP contribution is -2.33. The maximum absolute atomic E-state index is 15.3. The first-order chi connectivity index (χ1) is 17.7. The molecule has 5 rings (SSSR count). The average molecular weight is 524 g/mol. The third-order valence-corrected chi connectivity index (χ3v) is 7.85. The first-order valence-corrected chi connectivity index (χ1v) is 13.0. The number of carbonyl (C=O) groups is 2. The van der Waals surface area contributed by atoms with Crippen molar-refractivity contribution in [3.63, 3.8) is 0 Å². The van der Waals surface area contributed by atoms with Crippen LogP contribution in [0.2, 0.25) is 0 Å². The first kappa shape index (κ1) is 24.5. The molecule has 1 atom stereocenters. The van der Waals surface area contributed by atoms with E-state index in [4.69, 9.17) is 0 Å². The molecule has 1 fully saturated rings. The lowest BCUT2D eigenvalue weighted by Gasteiger charge is -2.14. The molecule has 1 saturated carbocycles. The van der Waals surface area contributed by atoms with Crippen molar-refractivity contribution in [3.8, 4) is 11.1 Å².